The second-order valence-electron chi connectivity index (χ2n) is 7.45. The molecule has 0 aliphatic carbocycles. The number of aliphatic hydroxyl groups is 2. The predicted molar refractivity (Wildman–Crippen MR) is 119 cm³/mol. The fraction of sp³-hybridized carbons (Fsp3) is 0.429. The highest BCUT2D eigenvalue weighted by Gasteiger charge is 2.48. The number of thiophene rings is 1. The van der Waals surface area contributed by atoms with Crippen LogP contribution in [0.4, 0.5) is 10.6 Å². The van der Waals surface area contributed by atoms with Gasteiger partial charge in [-0.25, -0.2) is 14.8 Å². The van der Waals surface area contributed by atoms with Crippen molar-refractivity contribution in [1.82, 2.24) is 4.98 Å². The van der Waals surface area contributed by atoms with Crippen LogP contribution >= 0.6 is 11.3 Å². The van der Waals surface area contributed by atoms with Crippen molar-refractivity contribution in [2.24, 2.45) is 15.2 Å². The number of aliphatic hydroxyl groups excluding tert-OH is 2. The molecule has 1 saturated heterocycles. The van der Waals surface area contributed by atoms with Crippen LogP contribution in [0.25, 0.3) is 10.4 Å². The Balaban J connectivity index is 1.89. The first-order valence-electron chi connectivity index (χ1n) is 10.3. The Labute approximate surface area is 193 Å². The number of carbonyl (C=O) groups is 1. The van der Waals surface area contributed by atoms with Crippen LogP contribution in [0.5, 0.6) is 0 Å². The summed E-state index contributed by atoms with van der Waals surface area (Å²) >= 11 is 1.22. The van der Waals surface area contributed by atoms with E-state index in [0.717, 1.165) is 12.8 Å². The van der Waals surface area contributed by atoms with Gasteiger partial charge in [-0.1, -0.05) is 0 Å². The van der Waals surface area contributed by atoms with E-state index in [1.165, 1.54) is 31.0 Å². The fourth-order valence-corrected chi connectivity index (χ4v) is 5.38. The zero-order valence-corrected chi connectivity index (χ0v) is 18.6. The molecule has 2 aliphatic rings. The number of anilines is 1. The maximum absolute atomic E-state index is 11.6. The highest BCUT2D eigenvalue weighted by molar-refractivity contribution is 7.16. The lowest BCUT2D eigenvalue weighted by atomic mass is 9.90. The van der Waals surface area contributed by atoms with Gasteiger partial charge < -0.3 is 19.7 Å². The number of hydrogen-bond donors (Lipinski definition) is 3. The SMILES string of the molecule is COC(=O)Nc1cc(-c2sc(C3(C4CCCCO4)N=CN=N3)c(C(O)CO)c2C#N)ccn1. The van der Waals surface area contributed by atoms with Gasteiger partial charge in [0.2, 0.25) is 5.66 Å². The smallest absolute Gasteiger partial charge is 0.412 e. The number of rotatable bonds is 6. The topological polar surface area (TPSA) is 162 Å². The van der Waals surface area contributed by atoms with E-state index in [9.17, 15) is 20.3 Å². The number of amides is 1. The van der Waals surface area contributed by atoms with E-state index in [0.29, 0.717) is 28.3 Å². The van der Waals surface area contributed by atoms with Gasteiger partial charge in [-0.05, 0) is 37.0 Å². The van der Waals surface area contributed by atoms with Gasteiger partial charge in [0, 0.05) is 18.4 Å². The molecule has 1 amide bonds. The molecule has 3 N–H and O–H groups in total. The lowest BCUT2D eigenvalue weighted by Crippen LogP contribution is -2.39. The molecule has 0 bridgehead atoms. The van der Waals surface area contributed by atoms with Gasteiger partial charge in [0.05, 0.1) is 29.0 Å². The lowest BCUT2D eigenvalue weighted by Gasteiger charge is -2.34. The highest BCUT2D eigenvalue weighted by Crippen LogP contribution is 2.50. The molecule has 3 atom stereocenters. The number of carbonyl (C=O) groups excluding carboxylic acids is 1. The molecule has 3 unspecified atom stereocenters. The second kappa shape index (κ2) is 9.72. The van der Waals surface area contributed by atoms with Gasteiger partial charge in [0.15, 0.2) is 0 Å². The molecule has 2 aromatic rings. The molecule has 2 aromatic heterocycles. The number of ether oxygens (including phenoxy) is 2. The zero-order valence-electron chi connectivity index (χ0n) is 17.8. The largest absolute Gasteiger partial charge is 0.453 e. The van der Waals surface area contributed by atoms with Crippen molar-refractivity contribution in [3.63, 3.8) is 0 Å². The first kappa shape index (κ1) is 22.9. The molecule has 33 heavy (non-hydrogen) atoms. The number of aromatic nitrogens is 1. The number of aliphatic imine (C=N–C) groups is 1. The van der Waals surface area contributed by atoms with Gasteiger partial charge in [0.25, 0.3) is 0 Å². The summed E-state index contributed by atoms with van der Waals surface area (Å²) < 4.78 is 10.6. The van der Waals surface area contributed by atoms with E-state index in [2.05, 4.69) is 36.3 Å². The van der Waals surface area contributed by atoms with Crippen LogP contribution in [-0.4, -0.2) is 54.1 Å². The summed E-state index contributed by atoms with van der Waals surface area (Å²) in [5.41, 5.74) is -0.250. The zero-order chi connectivity index (χ0) is 23.4. The standard InChI is InChI=1S/C21H22N6O5S/c1-31-20(30)26-16-8-12(5-6-23-16)18-13(9-22)17(14(29)10-28)19(33-18)21(24-11-25-27-21)15-4-2-3-7-32-15/h5-6,8,11,14-15,28-29H,2-4,7,10H2,1H3,(H,23,26,30). The minimum absolute atomic E-state index is 0.180. The summed E-state index contributed by atoms with van der Waals surface area (Å²) in [5, 5.41) is 41.4. The van der Waals surface area contributed by atoms with Crippen LogP contribution in [0.3, 0.4) is 0 Å². The minimum atomic E-state index is -1.33. The predicted octanol–water partition coefficient (Wildman–Crippen LogP) is 3.10. The van der Waals surface area contributed by atoms with Crippen LogP contribution < -0.4 is 5.32 Å². The van der Waals surface area contributed by atoms with Crippen LogP contribution in [0.2, 0.25) is 0 Å². The number of hydrogen-bond acceptors (Lipinski definition) is 11. The molecule has 11 nitrogen and oxygen atoms in total. The summed E-state index contributed by atoms with van der Waals surface area (Å²) in [6, 6.07) is 5.42. The van der Waals surface area contributed by atoms with Crippen molar-refractivity contribution in [2.75, 3.05) is 25.6 Å². The summed E-state index contributed by atoms with van der Waals surface area (Å²) in [7, 11) is 1.24. The molecular weight excluding hydrogens is 448 g/mol. The number of pyridine rings is 1. The Morgan fingerprint density at radius 1 is 1.52 bits per heavy atom. The first-order chi connectivity index (χ1) is 16.0. The number of methoxy groups -OCH3 is 1. The molecule has 2 aliphatic heterocycles. The number of nitrogens with one attached hydrogen (secondary N) is 1. The van der Waals surface area contributed by atoms with E-state index in [1.807, 2.05) is 0 Å². The Bertz CT molecular complexity index is 1120. The van der Waals surface area contributed by atoms with E-state index in [4.69, 9.17) is 4.74 Å². The van der Waals surface area contributed by atoms with Crippen LogP contribution in [0, 0.1) is 11.3 Å². The lowest BCUT2D eigenvalue weighted by molar-refractivity contribution is -0.0315. The molecule has 0 saturated carbocycles. The molecule has 12 heteroatoms. The summed E-state index contributed by atoms with van der Waals surface area (Å²) in [4.78, 5) is 21.2. The normalized spacial score (nSPS) is 22.7. The third-order valence-corrected chi connectivity index (χ3v) is 6.85. The van der Waals surface area contributed by atoms with Crippen LogP contribution in [-0.2, 0) is 15.1 Å². The molecule has 172 valence electrons. The van der Waals surface area contributed by atoms with Gasteiger partial charge in [0.1, 0.15) is 30.4 Å². The Morgan fingerprint density at radius 3 is 3.00 bits per heavy atom. The fourth-order valence-electron chi connectivity index (χ4n) is 3.95. The Morgan fingerprint density at radius 2 is 2.36 bits per heavy atom. The Kier molecular flexibility index (Phi) is 6.75. The third-order valence-electron chi connectivity index (χ3n) is 5.48. The van der Waals surface area contributed by atoms with Crippen molar-refractivity contribution < 1.29 is 24.5 Å². The van der Waals surface area contributed by atoms with Crippen molar-refractivity contribution in [1.29, 1.82) is 5.26 Å². The van der Waals surface area contributed by atoms with Gasteiger partial charge in [-0.2, -0.15) is 5.26 Å². The number of azo groups is 1. The minimum Gasteiger partial charge on any atom is -0.453 e. The van der Waals surface area contributed by atoms with Gasteiger partial charge in [-0.15, -0.1) is 21.6 Å². The second-order valence-corrected chi connectivity index (χ2v) is 8.47. The highest BCUT2D eigenvalue weighted by atomic mass is 32.1. The van der Waals surface area contributed by atoms with Crippen molar-refractivity contribution in [3.05, 3.63) is 34.3 Å². The number of nitrogens with zero attached hydrogens (tertiary/aromatic N) is 5. The van der Waals surface area contributed by atoms with Crippen LogP contribution in [0.15, 0.2) is 33.6 Å². The van der Waals surface area contributed by atoms with Crippen molar-refractivity contribution in [2.45, 2.75) is 37.1 Å². The summed E-state index contributed by atoms with van der Waals surface area (Å²) in [5.74, 6) is 0.228. The maximum Gasteiger partial charge on any atom is 0.412 e. The first-order valence-corrected chi connectivity index (χ1v) is 11.1. The summed E-state index contributed by atoms with van der Waals surface area (Å²) in [6.45, 7) is -0.0442. The van der Waals surface area contributed by atoms with E-state index < -0.39 is 30.6 Å². The molecule has 4 rings (SSSR count). The van der Waals surface area contributed by atoms with E-state index in [-0.39, 0.29) is 16.9 Å². The van der Waals surface area contributed by atoms with E-state index in [1.54, 1.807) is 12.1 Å². The molecular formula is C21H22N6O5S. The molecule has 0 aromatic carbocycles. The molecule has 0 radical (unpaired) electrons. The number of nitriles is 1. The van der Waals surface area contributed by atoms with Gasteiger partial charge in [-0.3, -0.25) is 5.32 Å². The van der Waals surface area contributed by atoms with Crippen molar-refractivity contribution in [3.8, 4) is 16.5 Å². The average molecular weight is 471 g/mol. The third kappa shape index (κ3) is 4.23. The molecule has 1 fully saturated rings. The molecule has 0 spiro atoms. The Hall–Kier alpha value is -3.24. The average Bonchev–Trinajstić information content (AvgIpc) is 3.50. The summed E-state index contributed by atoms with van der Waals surface area (Å²) in [6.07, 6.45) is 2.91. The van der Waals surface area contributed by atoms with Gasteiger partial charge >= 0.3 is 6.09 Å². The van der Waals surface area contributed by atoms with Crippen molar-refractivity contribution >= 4 is 29.6 Å². The maximum atomic E-state index is 11.6. The van der Waals surface area contributed by atoms with E-state index >= 15 is 0 Å². The quantitative estimate of drug-likeness (QED) is 0.584. The molecule has 4 heterocycles. The monoisotopic (exact) mass is 470 g/mol. The van der Waals surface area contributed by atoms with Crippen LogP contribution in [0.1, 0.15) is 41.4 Å².